The van der Waals surface area contributed by atoms with E-state index in [9.17, 15) is 10.1 Å². The number of aromatic nitrogens is 4. The van der Waals surface area contributed by atoms with Crippen LogP contribution in [0.1, 0.15) is 17.5 Å². The van der Waals surface area contributed by atoms with Crippen LogP contribution in [0, 0.1) is 17.2 Å². The van der Waals surface area contributed by atoms with E-state index in [4.69, 9.17) is 4.74 Å². The first kappa shape index (κ1) is 21.7. The van der Waals surface area contributed by atoms with E-state index in [1.807, 2.05) is 36.4 Å². The van der Waals surface area contributed by atoms with E-state index in [2.05, 4.69) is 31.7 Å². The Kier molecular flexibility index (Phi) is 5.97. The van der Waals surface area contributed by atoms with Crippen molar-refractivity contribution in [3.8, 4) is 22.9 Å². The van der Waals surface area contributed by atoms with Crippen LogP contribution in [0.5, 0.6) is 5.75 Å². The zero-order valence-electron chi connectivity index (χ0n) is 18.8. The third-order valence-corrected chi connectivity index (χ3v) is 6.16. The van der Waals surface area contributed by atoms with Crippen molar-refractivity contribution in [3.63, 3.8) is 0 Å². The minimum atomic E-state index is -0.264. The van der Waals surface area contributed by atoms with Crippen molar-refractivity contribution in [2.45, 2.75) is 13.0 Å². The number of imidazole rings is 1. The fourth-order valence-electron chi connectivity index (χ4n) is 4.32. The number of fused-ring (bicyclic) bond motifs is 1. The standard InChI is InChI=1S/C25H25N7O2/c1-34-22-6-5-19(18-4-2-3-16(9-18)11-26)10-20(22)15-32-23-21(30-25(32)33)14-29-24(31-23)28-13-17-7-8-27-12-17/h2-6,9-10,14,17,27H,7-8,12-13,15H2,1H3,(H,30,33)(H,28,29,31)/t17-/m1/s1. The zero-order valence-corrected chi connectivity index (χ0v) is 18.8. The molecule has 0 radical (unpaired) electrons. The van der Waals surface area contributed by atoms with Gasteiger partial charge in [0.15, 0.2) is 5.65 Å². The second-order valence-corrected chi connectivity index (χ2v) is 8.41. The molecule has 172 valence electrons. The first-order valence-corrected chi connectivity index (χ1v) is 11.2. The van der Waals surface area contributed by atoms with Crippen LogP contribution in [-0.2, 0) is 6.54 Å². The van der Waals surface area contributed by atoms with Gasteiger partial charge < -0.3 is 20.4 Å². The monoisotopic (exact) mass is 455 g/mol. The Hall–Kier alpha value is -4.16. The summed E-state index contributed by atoms with van der Waals surface area (Å²) in [6.07, 6.45) is 2.76. The van der Waals surface area contributed by atoms with Crippen molar-refractivity contribution in [3.05, 3.63) is 70.3 Å². The molecule has 2 aromatic carbocycles. The van der Waals surface area contributed by atoms with Crippen molar-refractivity contribution in [2.75, 3.05) is 32.1 Å². The number of anilines is 1. The maximum absolute atomic E-state index is 12.8. The molecule has 5 rings (SSSR count). The van der Waals surface area contributed by atoms with Gasteiger partial charge in [0.2, 0.25) is 5.95 Å². The molecule has 0 saturated carbocycles. The molecule has 1 fully saturated rings. The lowest BCUT2D eigenvalue weighted by molar-refractivity contribution is 0.408. The van der Waals surface area contributed by atoms with E-state index in [0.29, 0.717) is 34.3 Å². The number of H-pyrrole nitrogens is 1. The highest BCUT2D eigenvalue weighted by Gasteiger charge is 2.16. The minimum Gasteiger partial charge on any atom is -0.496 e. The molecule has 34 heavy (non-hydrogen) atoms. The van der Waals surface area contributed by atoms with Crippen LogP contribution in [0.25, 0.3) is 22.3 Å². The van der Waals surface area contributed by atoms with Crippen molar-refractivity contribution >= 4 is 17.1 Å². The quantitative estimate of drug-likeness (QED) is 0.392. The summed E-state index contributed by atoms with van der Waals surface area (Å²) >= 11 is 0. The van der Waals surface area contributed by atoms with Crippen LogP contribution in [-0.4, -0.2) is 46.3 Å². The molecular formula is C25H25N7O2. The molecule has 0 unspecified atom stereocenters. The largest absolute Gasteiger partial charge is 0.496 e. The van der Waals surface area contributed by atoms with Crippen molar-refractivity contribution in [2.24, 2.45) is 5.92 Å². The summed E-state index contributed by atoms with van der Waals surface area (Å²) in [5, 5.41) is 15.9. The predicted octanol–water partition coefficient (Wildman–Crippen LogP) is 2.74. The molecule has 3 heterocycles. The minimum absolute atomic E-state index is 0.264. The van der Waals surface area contributed by atoms with Crippen molar-refractivity contribution in [1.29, 1.82) is 5.26 Å². The van der Waals surface area contributed by atoms with Gasteiger partial charge in [-0.2, -0.15) is 10.2 Å². The van der Waals surface area contributed by atoms with E-state index >= 15 is 0 Å². The van der Waals surface area contributed by atoms with Crippen LogP contribution in [0.4, 0.5) is 5.95 Å². The molecular weight excluding hydrogens is 430 g/mol. The normalized spacial score (nSPS) is 15.4. The number of nitrogens with one attached hydrogen (secondary N) is 3. The Balaban J connectivity index is 1.47. The zero-order chi connectivity index (χ0) is 23.5. The van der Waals surface area contributed by atoms with Crippen LogP contribution in [0.2, 0.25) is 0 Å². The van der Waals surface area contributed by atoms with Crippen molar-refractivity contribution < 1.29 is 4.74 Å². The van der Waals surface area contributed by atoms with Crippen molar-refractivity contribution in [1.82, 2.24) is 24.8 Å². The number of hydrogen-bond donors (Lipinski definition) is 3. The second-order valence-electron chi connectivity index (χ2n) is 8.41. The van der Waals surface area contributed by atoms with Gasteiger partial charge >= 0.3 is 5.69 Å². The molecule has 0 amide bonds. The van der Waals surface area contributed by atoms with E-state index in [1.165, 1.54) is 0 Å². The molecule has 9 nitrogen and oxygen atoms in total. The average molecular weight is 456 g/mol. The Morgan fingerprint density at radius 3 is 2.94 bits per heavy atom. The van der Waals surface area contributed by atoms with Gasteiger partial charge in [-0.05, 0) is 60.8 Å². The van der Waals surface area contributed by atoms with Crippen LogP contribution in [0.3, 0.4) is 0 Å². The lowest BCUT2D eigenvalue weighted by atomic mass is 10.0. The number of nitriles is 1. The molecule has 1 atom stereocenters. The summed E-state index contributed by atoms with van der Waals surface area (Å²) in [5.41, 5.74) is 4.12. The second kappa shape index (κ2) is 9.37. The summed E-state index contributed by atoms with van der Waals surface area (Å²) in [5.74, 6) is 1.71. The number of benzene rings is 2. The molecule has 3 N–H and O–H groups in total. The summed E-state index contributed by atoms with van der Waals surface area (Å²) in [4.78, 5) is 24.6. The van der Waals surface area contributed by atoms with E-state index in [-0.39, 0.29) is 12.2 Å². The lowest BCUT2D eigenvalue weighted by Gasteiger charge is -2.13. The molecule has 9 heteroatoms. The topological polar surface area (TPSA) is 121 Å². The fraction of sp³-hybridized carbons (Fsp3) is 0.280. The molecule has 4 aromatic rings. The Morgan fingerprint density at radius 1 is 1.26 bits per heavy atom. The lowest BCUT2D eigenvalue weighted by Crippen LogP contribution is -2.19. The summed E-state index contributed by atoms with van der Waals surface area (Å²) in [6, 6.07) is 15.4. The molecule has 1 aliphatic rings. The average Bonchev–Trinajstić information content (AvgIpc) is 3.50. The molecule has 2 aromatic heterocycles. The first-order valence-electron chi connectivity index (χ1n) is 11.2. The van der Waals surface area contributed by atoms with E-state index in [0.717, 1.165) is 42.7 Å². The Morgan fingerprint density at radius 2 is 2.15 bits per heavy atom. The smallest absolute Gasteiger partial charge is 0.328 e. The van der Waals surface area contributed by atoms with Gasteiger partial charge in [-0.25, -0.2) is 9.78 Å². The van der Waals surface area contributed by atoms with Gasteiger partial charge in [-0.1, -0.05) is 18.2 Å². The van der Waals surface area contributed by atoms with Gasteiger partial charge in [-0.15, -0.1) is 0 Å². The summed E-state index contributed by atoms with van der Waals surface area (Å²) in [6.45, 7) is 3.07. The maximum Gasteiger partial charge on any atom is 0.328 e. The number of hydrogen-bond acceptors (Lipinski definition) is 7. The SMILES string of the molecule is COc1ccc(-c2cccc(C#N)c2)cc1Cn1c(=O)[nH]c2cnc(NC[C@@H]3CCNC3)nc21. The third kappa shape index (κ3) is 4.36. The van der Waals surface area contributed by atoms with E-state index in [1.54, 1.807) is 23.9 Å². The summed E-state index contributed by atoms with van der Waals surface area (Å²) < 4.78 is 7.16. The predicted molar refractivity (Wildman–Crippen MR) is 130 cm³/mol. The Labute approximate surface area is 196 Å². The number of rotatable bonds is 7. The van der Waals surface area contributed by atoms with Crippen LogP contribution < -0.4 is 21.1 Å². The molecule has 0 aliphatic carbocycles. The Bertz CT molecular complexity index is 1430. The van der Waals surface area contributed by atoms with Gasteiger partial charge in [0.1, 0.15) is 11.3 Å². The van der Waals surface area contributed by atoms with Gasteiger partial charge in [0, 0.05) is 12.1 Å². The third-order valence-electron chi connectivity index (χ3n) is 6.16. The number of ether oxygens (including phenoxy) is 1. The maximum atomic E-state index is 12.8. The van der Waals surface area contributed by atoms with Crippen LogP contribution in [0.15, 0.2) is 53.5 Å². The van der Waals surface area contributed by atoms with Gasteiger partial charge in [-0.3, -0.25) is 4.57 Å². The highest BCUT2D eigenvalue weighted by Crippen LogP contribution is 2.28. The van der Waals surface area contributed by atoms with E-state index < -0.39 is 0 Å². The summed E-state index contributed by atoms with van der Waals surface area (Å²) in [7, 11) is 1.61. The fourth-order valence-corrected chi connectivity index (χ4v) is 4.32. The van der Waals surface area contributed by atoms with Crippen LogP contribution >= 0.6 is 0 Å². The first-order chi connectivity index (χ1) is 16.6. The van der Waals surface area contributed by atoms with Gasteiger partial charge in [0.25, 0.3) is 0 Å². The molecule has 1 aliphatic heterocycles. The highest BCUT2D eigenvalue weighted by molar-refractivity contribution is 5.71. The number of nitrogens with zero attached hydrogens (tertiary/aromatic N) is 4. The molecule has 0 bridgehead atoms. The van der Waals surface area contributed by atoms with Gasteiger partial charge in [0.05, 0.1) is 31.5 Å². The molecule has 1 saturated heterocycles. The molecule has 0 spiro atoms. The number of methoxy groups -OCH3 is 1. The number of aromatic amines is 1. The highest BCUT2D eigenvalue weighted by atomic mass is 16.5.